The third kappa shape index (κ3) is 3.88. The molecular formula is C15H18ClF3. The van der Waals surface area contributed by atoms with Crippen molar-refractivity contribution in [1.29, 1.82) is 0 Å². The first-order valence-electron chi connectivity index (χ1n) is 6.75. The zero-order chi connectivity index (χ0) is 13.9. The van der Waals surface area contributed by atoms with E-state index in [1.165, 1.54) is 12.5 Å². The highest BCUT2D eigenvalue weighted by atomic mass is 35.5. The first-order chi connectivity index (χ1) is 9.00. The summed E-state index contributed by atoms with van der Waals surface area (Å²) < 4.78 is 39.2. The van der Waals surface area contributed by atoms with E-state index in [0.717, 1.165) is 25.7 Å². The van der Waals surface area contributed by atoms with Gasteiger partial charge >= 0.3 is 6.18 Å². The highest BCUT2D eigenvalue weighted by Gasteiger charge is 2.34. The van der Waals surface area contributed by atoms with Crippen LogP contribution in [0.1, 0.15) is 48.8 Å². The van der Waals surface area contributed by atoms with Crippen LogP contribution >= 0.6 is 11.6 Å². The molecule has 0 saturated heterocycles. The summed E-state index contributed by atoms with van der Waals surface area (Å²) in [6.07, 6.45) is 1.86. The average Bonchev–Trinajstić information content (AvgIpc) is 2.39. The van der Waals surface area contributed by atoms with Crippen molar-refractivity contribution in [2.75, 3.05) is 0 Å². The molecule has 2 rings (SSSR count). The Morgan fingerprint density at radius 2 is 1.79 bits per heavy atom. The lowest BCUT2D eigenvalue weighted by Gasteiger charge is -2.23. The molecule has 0 N–H and O–H groups in total. The zero-order valence-corrected chi connectivity index (χ0v) is 11.5. The Bertz CT molecular complexity index is 420. The van der Waals surface area contributed by atoms with Gasteiger partial charge in [-0.2, -0.15) is 13.2 Å². The first kappa shape index (κ1) is 14.7. The minimum Gasteiger partial charge on any atom is -0.166 e. The van der Waals surface area contributed by atoms with Gasteiger partial charge in [-0.05, 0) is 29.5 Å². The summed E-state index contributed by atoms with van der Waals surface area (Å²) in [5.74, 6) is 0.518. The van der Waals surface area contributed by atoms with Crippen molar-refractivity contribution in [3.05, 3.63) is 34.9 Å². The number of rotatable bonds is 3. The maximum Gasteiger partial charge on any atom is 0.416 e. The number of alkyl halides is 4. The van der Waals surface area contributed by atoms with Gasteiger partial charge in [0.15, 0.2) is 0 Å². The highest BCUT2D eigenvalue weighted by Crippen LogP contribution is 2.36. The maximum absolute atomic E-state index is 13.1. The molecule has 0 atom stereocenters. The molecule has 1 aliphatic carbocycles. The zero-order valence-electron chi connectivity index (χ0n) is 10.8. The fourth-order valence-electron chi connectivity index (χ4n) is 2.85. The Balaban J connectivity index is 2.23. The van der Waals surface area contributed by atoms with Crippen molar-refractivity contribution in [3.8, 4) is 0 Å². The normalized spacial score (nSPS) is 17.7. The Labute approximate surface area is 117 Å². The summed E-state index contributed by atoms with van der Waals surface area (Å²) in [6.45, 7) is 0. The van der Waals surface area contributed by atoms with Crippen molar-refractivity contribution in [2.24, 2.45) is 5.92 Å². The molecule has 0 nitrogen and oxygen atoms in total. The van der Waals surface area contributed by atoms with Crippen LogP contribution in [0.2, 0.25) is 0 Å². The Morgan fingerprint density at radius 1 is 1.11 bits per heavy atom. The molecule has 0 unspecified atom stereocenters. The number of hydrogen-bond acceptors (Lipinski definition) is 0. The second-order valence-corrected chi connectivity index (χ2v) is 5.60. The van der Waals surface area contributed by atoms with E-state index in [-0.39, 0.29) is 5.88 Å². The van der Waals surface area contributed by atoms with Gasteiger partial charge < -0.3 is 0 Å². The second-order valence-electron chi connectivity index (χ2n) is 5.33. The molecule has 0 heterocycles. The Kier molecular flexibility index (Phi) is 4.77. The summed E-state index contributed by atoms with van der Waals surface area (Å²) in [5.41, 5.74) is 0.450. The molecule has 0 amide bonds. The van der Waals surface area contributed by atoms with Gasteiger partial charge in [-0.3, -0.25) is 0 Å². The lowest BCUT2D eigenvalue weighted by atomic mass is 9.83. The molecule has 1 aliphatic rings. The van der Waals surface area contributed by atoms with E-state index in [1.807, 2.05) is 0 Å². The molecule has 0 spiro atoms. The van der Waals surface area contributed by atoms with Gasteiger partial charge in [-0.1, -0.05) is 44.2 Å². The van der Waals surface area contributed by atoms with E-state index < -0.39 is 11.7 Å². The highest BCUT2D eigenvalue weighted by molar-refractivity contribution is 6.17. The lowest BCUT2D eigenvalue weighted by molar-refractivity contribution is -0.138. The molecule has 0 bridgehead atoms. The number of halogens is 4. The largest absolute Gasteiger partial charge is 0.416 e. The quantitative estimate of drug-likeness (QED) is 0.639. The van der Waals surface area contributed by atoms with Crippen LogP contribution in [0.5, 0.6) is 0 Å². The van der Waals surface area contributed by atoms with Crippen molar-refractivity contribution >= 4 is 11.6 Å². The predicted octanol–water partition coefficient (Wildman–Crippen LogP) is 5.57. The third-order valence-electron chi connectivity index (χ3n) is 3.87. The summed E-state index contributed by atoms with van der Waals surface area (Å²) >= 11 is 5.63. The lowest BCUT2D eigenvalue weighted by Crippen LogP contribution is -2.15. The molecule has 106 valence electrons. The van der Waals surface area contributed by atoms with Gasteiger partial charge in [-0.25, -0.2) is 0 Å². The summed E-state index contributed by atoms with van der Waals surface area (Å²) in [5, 5.41) is 0. The summed E-state index contributed by atoms with van der Waals surface area (Å²) in [7, 11) is 0. The molecule has 1 aromatic carbocycles. The Morgan fingerprint density at radius 3 is 2.37 bits per heavy atom. The van der Waals surface area contributed by atoms with Crippen LogP contribution in [0.15, 0.2) is 18.2 Å². The minimum atomic E-state index is -4.29. The van der Waals surface area contributed by atoms with Crippen LogP contribution in [0.25, 0.3) is 0 Å². The molecule has 4 heteroatoms. The molecule has 0 aromatic heterocycles. The van der Waals surface area contributed by atoms with E-state index in [4.69, 9.17) is 11.6 Å². The van der Waals surface area contributed by atoms with Crippen molar-refractivity contribution in [3.63, 3.8) is 0 Å². The van der Waals surface area contributed by atoms with E-state index in [0.29, 0.717) is 23.5 Å². The fourth-order valence-corrected chi connectivity index (χ4v) is 3.02. The van der Waals surface area contributed by atoms with Crippen LogP contribution in [-0.2, 0) is 18.5 Å². The van der Waals surface area contributed by atoms with E-state index >= 15 is 0 Å². The van der Waals surface area contributed by atoms with Crippen molar-refractivity contribution in [2.45, 2.75) is 50.6 Å². The molecule has 1 saturated carbocycles. The van der Waals surface area contributed by atoms with Crippen LogP contribution in [0.4, 0.5) is 13.2 Å². The third-order valence-corrected chi connectivity index (χ3v) is 4.18. The van der Waals surface area contributed by atoms with Crippen LogP contribution in [0, 0.1) is 5.92 Å². The molecule has 1 fully saturated rings. The standard InChI is InChI=1S/C15H18ClF3/c16-10-12-6-7-13(14(9-12)15(17,18)19)8-11-4-2-1-3-5-11/h6-7,9,11H,1-5,8,10H2. The second kappa shape index (κ2) is 6.17. The van der Waals surface area contributed by atoms with E-state index in [2.05, 4.69) is 0 Å². The van der Waals surface area contributed by atoms with Crippen LogP contribution in [0.3, 0.4) is 0 Å². The van der Waals surface area contributed by atoms with Gasteiger partial charge in [-0.15, -0.1) is 11.6 Å². The van der Waals surface area contributed by atoms with Gasteiger partial charge in [0.25, 0.3) is 0 Å². The topological polar surface area (TPSA) is 0 Å². The van der Waals surface area contributed by atoms with Gasteiger partial charge in [0.2, 0.25) is 0 Å². The summed E-state index contributed by atoms with van der Waals surface area (Å²) in [4.78, 5) is 0. The van der Waals surface area contributed by atoms with Gasteiger partial charge in [0.05, 0.1) is 5.56 Å². The van der Waals surface area contributed by atoms with Crippen LogP contribution in [-0.4, -0.2) is 0 Å². The SMILES string of the molecule is FC(F)(F)c1cc(CCl)ccc1CC1CCCCC1. The maximum atomic E-state index is 13.1. The summed E-state index contributed by atoms with van der Waals surface area (Å²) in [6, 6.07) is 4.51. The molecule has 0 aliphatic heterocycles. The molecule has 1 aromatic rings. The number of hydrogen-bond donors (Lipinski definition) is 0. The monoisotopic (exact) mass is 290 g/mol. The predicted molar refractivity (Wildman–Crippen MR) is 71.3 cm³/mol. The smallest absolute Gasteiger partial charge is 0.166 e. The van der Waals surface area contributed by atoms with Gasteiger partial charge in [0.1, 0.15) is 0 Å². The molecule has 0 radical (unpaired) electrons. The fraction of sp³-hybridized carbons (Fsp3) is 0.600. The van der Waals surface area contributed by atoms with Gasteiger partial charge in [0, 0.05) is 5.88 Å². The first-order valence-corrected chi connectivity index (χ1v) is 7.29. The van der Waals surface area contributed by atoms with E-state index in [1.54, 1.807) is 12.1 Å². The molecular weight excluding hydrogens is 273 g/mol. The molecule has 19 heavy (non-hydrogen) atoms. The Hall–Kier alpha value is -0.700. The van der Waals surface area contributed by atoms with Crippen molar-refractivity contribution < 1.29 is 13.2 Å². The number of benzene rings is 1. The van der Waals surface area contributed by atoms with E-state index in [9.17, 15) is 13.2 Å². The average molecular weight is 291 g/mol. The van der Waals surface area contributed by atoms with Crippen molar-refractivity contribution in [1.82, 2.24) is 0 Å². The van der Waals surface area contributed by atoms with Crippen LogP contribution < -0.4 is 0 Å². The minimum absolute atomic E-state index is 0.118.